The van der Waals surface area contributed by atoms with Crippen LogP contribution in [-0.4, -0.2) is 11.9 Å². The molecule has 0 unspecified atom stereocenters. The van der Waals surface area contributed by atoms with Crippen molar-refractivity contribution in [3.63, 3.8) is 0 Å². The normalized spacial score (nSPS) is 9.65. The molecule has 0 N–H and O–H groups in total. The first-order chi connectivity index (χ1) is 7.61. The van der Waals surface area contributed by atoms with E-state index in [0.717, 1.165) is 0 Å². The maximum absolute atomic E-state index is 10.8. The summed E-state index contributed by atoms with van der Waals surface area (Å²) in [6.07, 6.45) is 0. The Labute approximate surface area is 107 Å². The van der Waals surface area contributed by atoms with Crippen molar-refractivity contribution in [1.29, 1.82) is 0 Å². The Morgan fingerprint density at radius 3 is 1.41 bits per heavy atom. The van der Waals surface area contributed by atoms with Gasteiger partial charge in [-0.3, -0.25) is 0 Å². The number of hydrogen-bond donors (Lipinski definition) is 0. The molecule has 0 saturated carbocycles. The molecule has 1 radical (unpaired) electrons. The number of carbonyl (C=O) groups is 2. The molecule has 2 rings (SSSR count). The number of carboxylic acid groups (broad SMARTS) is 2. The molecule has 17 heavy (non-hydrogen) atoms. The van der Waals surface area contributed by atoms with Crippen molar-refractivity contribution in [1.82, 2.24) is 0 Å². The minimum atomic E-state index is -1.33. The maximum atomic E-state index is 10.8. The Balaban J connectivity index is 0.00000144. The largest absolute Gasteiger partial charge is 2.00 e. The SMILES string of the molecule is O=C([O-])c1cccc2c(C(=O)[O-])cccc12.[Co+2]. The standard InChI is InChI=1S/C12H8O4.Co/c13-11(14)9-5-1-3-7-8(9)4-2-6-10(7)12(15)16;/h1-6H,(H,13,14)(H,15,16);/q;+2/p-2. The fourth-order valence-corrected chi connectivity index (χ4v) is 1.67. The van der Waals surface area contributed by atoms with E-state index < -0.39 is 11.9 Å². The number of carboxylic acids is 2. The monoisotopic (exact) mass is 273 g/mol. The van der Waals surface area contributed by atoms with Crippen LogP contribution in [0.15, 0.2) is 36.4 Å². The van der Waals surface area contributed by atoms with Crippen molar-refractivity contribution in [2.75, 3.05) is 0 Å². The Kier molecular flexibility index (Phi) is 3.87. The van der Waals surface area contributed by atoms with Gasteiger partial charge in [0.2, 0.25) is 0 Å². The second-order valence-electron chi connectivity index (χ2n) is 3.28. The maximum Gasteiger partial charge on any atom is 2.00 e. The molecule has 0 aliphatic rings. The number of carbonyl (C=O) groups excluding carboxylic acids is 2. The minimum absolute atomic E-state index is 0. The van der Waals surface area contributed by atoms with E-state index in [2.05, 4.69) is 0 Å². The van der Waals surface area contributed by atoms with Gasteiger partial charge in [0, 0.05) is 11.1 Å². The van der Waals surface area contributed by atoms with Crippen molar-refractivity contribution >= 4 is 22.7 Å². The summed E-state index contributed by atoms with van der Waals surface area (Å²) in [5.74, 6) is -2.66. The van der Waals surface area contributed by atoms with Crippen LogP contribution in [0.3, 0.4) is 0 Å². The van der Waals surface area contributed by atoms with E-state index in [-0.39, 0.29) is 27.9 Å². The quantitative estimate of drug-likeness (QED) is 0.743. The first-order valence-corrected chi connectivity index (χ1v) is 4.55. The van der Waals surface area contributed by atoms with Crippen molar-refractivity contribution < 1.29 is 36.6 Å². The number of aromatic carboxylic acids is 2. The van der Waals surface area contributed by atoms with Crippen molar-refractivity contribution in [2.24, 2.45) is 0 Å². The molecule has 4 nitrogen and oxygen atoms in total. The van der Waals surface area contributed by atoms with Gasteiger partial charge in [-0.1, -0.05) is 36.4 Å². The van der Waals surface area contributed by atoms with E-state index in [1.165, 1.54) is 36.4 Å². The van der Waals surface area contributed by atoms with Crippen LogP contribution in [0.4, 0.5) is 0 Å². The molecule has 0 spiro atoms. The van der Waals surface area contributed by atoms with Gasteiger partial charge in [0.15, 0.2) is 0 Å². The smallest absolute Gasteiger partial charge is 0.545 e. The predicted molar refractivity (Wildman–Crippen MR) is 52.6 cm³/mol. The molecule has 0 aliphatic heterocycles. The Hall–Kier alpha value is -1.85. The first-order valence-electron chi connectivity index (χ1n) is 4.55. The van der Waals surface area contributed by atoms with Gasteiger partial charge in [-0.25, -0.2) is 0 Å². The molecule has 0 aliphatic carbocycles. The van der Waals surface area contributed by atoms with Gasteiger partial charge in [-0.05, 0) is 10.8 Å². The summed E-state index contributed by atoms with van der Waals surface area (Å²) in [6.45, 7) is 0. The van der Waals surface area contributed by atoms with Crippen LogP contribution in [0.1, 0.15) is 20.7 Å². The summed E-state index contributed by atoms with van der Waals surface area (Å²) < 4.78 is 0. The third kappa shape index (κ3) is 2.30. The molecule has 2 aromatic carbocycles. The molecular weight excluding hydrogens is 267 g/mol. The molecule has 5 heteroatoms. The molecule has 0 amide bonds. The topological polar surface area (TPSA) is 80.3 Å². The van der Waals surface area contributed by atoms with Gasteiger partial charge in [-0.15, -0.1) is 0 Å². The Morgan fingerprint density at radius 1 is 0.765 bits per heavy atom. The first kappa shape index (κ1) is 13.2. The van der Waals surface area contributed by atoms with E-state index in [9.17, 15) is 19.8 Å². The Morgan fingerprint density at radius 2 is 1.12 bits per heavy atom. The number of fused-ring (bicyclic) bond motifs is 1. The summed E-state index contributed by atoms with van der Waals surface area (Å²) in [5.41, 5.74) is -0.0544. The number of benzene rings is 2. The predicted octanol–water partition coefficient (Wildman–Crippen LogP) is -0.436. The molecular formula is C12H6CoO4. The van der Waals surface area contributed by atoms with Gasteiger partial charge in [0.05, 0.1) is 11.9 Å². The van der Waals surface area contributed by atoms with Crippen LogP contribution in [0.2, 0.25) is 0 Å². The molecule has 87 valence electrons. The minimum Gasteiger partial charge on any atom is -0.545 e. The van der Waals surface area contributed by atoms with E-state index in [1.54, 1.807) is 0 Å². The average molecular weight is 273 g/mol. The zero-order chi connectivity index (χ0) is 11.7. The molecule has 0 saturated heterocycles. The summed E-state index contributed by atoms with van der Waals surface area (Å²) in [7, 11) is 0. The molecule has 0 fully saturated rings. The summed E-state index contributed by atoms with van der Waals surface area (Å²) in [6, 6.07) is 8.76. The third-order valence-electron chi connectivity index (χ3n) is 2.36. The fraction of sp³-hybridized carbons (Fsp3) is 0. The summed E-state index contributed by atoms with van der Waals surface area (Å²) in [4.78, 5) is 21.6. The van der Waals surface area contributed by atoms with Crippen LogP contribution in [0.25, 0.3) is 10.8 Å². The number of hydrogen-bond acceptors (Lipinski definition) is 4. The van der Waals surface area contributed by atoms with Crippen LogP contribution >= 0.6 is 0 Å². The van der Waals surface area contributed by atoms with E-state index >= 15 is 0 Å². The van der Waals surface area contributed by atoms with Gasteiger partial charge < -0.3 is 19.8 Å². The van der Waals surface area contributed by atoms with Crippen LogP contribution in [-0.2, 0) is 16.8 Å². The van der Waals surface area contributed by atoms with E-state index in [1.807, 2.05) is 0 Å². The summed E-state index contributed by atoms with van der Waals surface area (Å²) >= 11 is 0. The molecule has 0 heterocycles. The van der Waals surface area contributed by atoms with Gasteiger partial charge in [0.25, 0.3) is 0 Å². The molecule has 0 atom stereocenters. The van der Waals surface area contributed by atoms with Crippen LogP contribution in [0.5, 0.6) is 0 Å². The Bertz CT molecular complexity index is 539. The van der Waals surface area contributed by atoms with Gasteiger partial charge in [-0.2, -0.15) is 0 Å². The van der Waals surface area contributed by atoms with Gasteiger partial charge >= 0.3 is 16.8 Å². The molecule has 2 aromatic rings. The third-order valence-corrected chi connectivity index (χ3v) is 2.36. The fourth-order valence-electron chi connectivity index (χ4n) is 1.67. The van der Waals surface area contributed by atoms with E-state index in [0.29, 0.717) is 10.8 Å². The number of rotatable bonds is 2. The van der Waals surface area contributed by atoms with Crippen LogP contribution < -0.4 is 10.2 Å². The second kappa shape index (κ2) is 4.98. The zero-order valence-corrected chi connectivity index (χ0v) is 9.47. The van der Waals surface area contributed by atoms with Crippen molar-refractivity contribution in [3.05, 3.63) is 47.5 Å². The average Bonchev–Trinajstić information content (AvgIpc) is 2.27. The molecule has 0 aromatic heterocycles. The van der Waals surface area contributed by atoms with Crippen molar-refractivity contribution in [2.45, 2.75) is 0 Å². The van der Waals surface area contributed by atoms with Crippen LogP contribution in [0, 0.1) is 0 Å². The zero-order valence-electron chi connectivity index (χ0n) is 8.43. The van der Waals surface area contributed by atoms with Gasteiger partial charge in [0.1, 0.15) is 0 Å². The molecule has 0 bridgehead atoms. The summed E-state index contributed by atoms with van der Waals surface area (Å²) in [5, 5.41) is 22.3. The van der Waals surface area contributed by atoms with E-state index in [4.69, 9.17) is 0 Å². The van der Waals surface area contributed by atoms with Crippen molar-refractivity contribution in [3.8, 4) is 0 Å². The second-order valence-corrected chi connectivity index (χ2v) is 3.28.